The number of unbranched alkanes of at least 4 members (excludes halogenated alkanes) is 2. The molecule has 600 valence electrons. The lowest BCUT2D eigenvalue weighted by molar-refractivity contribution is -0.141. The number of para-hydroxylation sites is 2. The molecule has 0 aliphatic carbocycles. The van der Waals surface area contributed by atoms with Gasteiger partial charge < -0.3 is 101 Å². The van der Waals surface area contributed by atoms with Crippen LogP contribution in [0.1, 0.15) is 110 Å². The molecule has 0 bridgehead atoms. The number of hydrogen-bond acceptors (Lipinski definition) is 18. The number of aliphatic hydroxyl groups excluding tert-OH is 1. The number of carboxylic acid groups (broad SMARTS) is 1. The Bertz CT molecular complexity index is 4280. The standard InChI is InChI=1S/C77H105N17O16S/c1-7-43(6)66-77(110)90-59(38-95)68(101)83-37-61(96)84-53(24-14-16-28-78)69(102)89-58(34-63(98)99)71(104)88-57(33-48-36-82-52-23-13-11-21-50(48)52)74(107)92-64(41(2)3)75(108)86-54(25-15-17-29-79)70(103)87-56(32-47-35-81-51-22-12-10-20-49(47)51)73(106)93-65(42(4)5)76(109)91-60(67(80)100)39-111-40-62(97)85-55(72(105)94-66)31-44-26-27-45-18-8-9-19-46(45)30-44/h8-13,18-23,26-27,30,35-36,41-43,53-60,64-66,81-82,95H,7,14-17,24-25,28-29,31-34,37-40,78-79H2,1-6H3,(H2,80,100)(H,83,101)(H,84,96)(H,85,97)(H,86,108)(H,87,103)(H,88,104)(H,89,102)(H,90,110)(H,91,109)(H,92,107)(H,93,106)(H,94,105)(H,98,99)/t43-,53-,54-,55-,56-,57-,58-,59-,60-,64-,65-,66-/m0/s1. The van der Waals surface area contributed by atoms with E-state index in [0.29, 0.717) is 51.3 Å². The first-order valence-electron chi connectivity index (χ1n) is 37.3. The second-order valence-electron chi connectivity index (χ2n) is 28.4. The van der Waals surface area contributed by atoms with Crippen LogP contribution in [0, 0.1) is 17.8 Å². The number of nitrogens with two attached hydrogens (primary N) is 3. The third-order valence-corrected chi connectivity index (χ3v) is 20.3. The van der Waals surface area contributed by atoms with Crippen molar-refractivity contribution in [3.8, 4) is 0 Å². The van der Waals surface area contributed by atoms with Crippen molar-refractivity contribution in [1.29, 1.82) is 0 Å². The predicted octanol–water partition coefficient (Wildman–Crippen LogP) is -0.406. The number of nitrogens with one attached hydrogen (secondary N) is 14. The second kappa shape index (κ2) is 42.8. The first-order valence-corrected chi connectivity index (χ1v) is 38.5. The molecule has 0 spiro atoms. The summed E-state index contributed by atoms with van der Waals surface area (Å²) in [5.41, 5.74) is 20.6. The molecule has 13 amide bonds. The first kappa shape index (κ1) is 87.3. The lowest BCUT2D eigenvalue weighted by atomic mass is 9.96. The van der Waals surface area contributed by atoms with Gasteiger partial charge in [-0.3, -0.25) is 67.1 Å². The number of aliphatic carboxylic acids is 1. The molecule has 34 heteroatoms. The average Bonchev–Trinajstić information content (AvgIpc) is 1.74. The molecule has 2 aromatic heterocycles. The topological polar surface area (TPSA) is 533 Å². The van der Waals surface area contributed by atoms with Crippen LogP contribution < -0.4 is 81.0 Å². The number of hydrogen-bond donors (Lipinski definition) is 19. The van der Waals surface area contributed by atoms with Gasteiger partial charge in [-0.05, 0) is 109 Å². The van der Waals surface area contributed by atoms with Crippen molar-refractivity contribution < 1.29 is 77.3 Å². The van der Waals surface area contributed by atoms with E-state index in [1.54, 1.807) is 109 Å². The predicted molar refractivity (Wildman–Crippen MR) is 417 cm³/mol. The van der Waals surface area contributed by atoms with Crippen LogP contribution in [0.3, 0.4) is 0 Å². The fourth-order valence-corrected chi connectivity index (χ4v) is 13.6. The van der Waals surface area contributed by atoms with Gasteiger partial charge in [-0.2, -0.15) is 0 Å². The van der Waals surface area contributed by atoms with Crippen molar-refractivity contribution in [1.82, 2.24) is 73.8 Å². The number of H-pyrrole nitrogens is 2. The molecule has 3 heterocycles. The van der Waals surface area contributed by atoms with Crippen molar-refractivity contribution in [2.75, 3.05) is 37.7 Å². The maximum atomic E-state index is 15.0. The van der Waals surface area contributed by atoms with Gasteiger partial charge in [0.1, 0.15) is 66.5 Å². The van der Waals surface area contributed by atoms with Gasteiger partial charge in [0.2, 0.25) is 76.8 Å². The normalized spacial score (nSPS) is 23.4. The fraction of sp³-hybridized carbons (Fsp3) is 0.481. The van der Waals surface area contributed by atoms with E-state index in [0.717, 1.165) is 22.5 Å². The number of amides is 13. The highest BCUT2D eigenvalue weighted by Crippen LogP contribution is 2.24. The number of primary amides is 1. The van der Waals surface area contributed by atoms with Gasteiger partial charge in [-0.25, -0.2) is 0 Å². The largest absolute Gasteiger partial charge is 0.481 e. The van der Waals surface area contributed by atoms with Crippen molar-refractivity contribution >= 4 is 127 Å². The molecule has 1 aliphatic heterocycles. The number of aliphatic hydroxyl groups is 1. The lowest BCUT2D eigenvalue weighted by Gasteiger charge is -2.29. The Hall–Kier alpha value is -11.0. The molecule has 1 fully saturated rings. The molecule has 1 aliphatic rings. The van der Waals surface area contributed by atoms with Crippen molar-refractivity contribution in [3.05, 3.63) is 120 Å². The number of carbonyl (C=O) groups excluding carboxylic acids is 13. The zero-order valence-electron chi connectivity index (χ0n) is 63.2. The van der Waals surface area contributed by atoms with E-state index in [9.17, 15) is 67.7 Å². The van der Waals surface area contributed by atoms with Gasteiger partial charge in [0.15, 0.2) is 0 Å². The summed E-state index contributed by atoms with van der Waals surface area (Å²) in [4.78, 5) is 206. The minimum Gasteiger partial charge on any atom is -0.481 e. The maximum absolute atomic E-state index is 15.0. The highest BCUT2D eigenvalue weighted by Gasteiger charge is 2.39. The average molecular weight is 1560 g/mol. The Balaban J connectivity index is 1.26. The molecule has 0 unspecified atom stereocenters. The Labute approximate surface area is 646 Å². The number of aromatic amines is 2. The van der Waals surface area contributed by atoms with E-state index in [4.69, 9.17) is 17.2 Å². The van der Waals surface area contributed by atoms with Crippen LogP contribution in [0.25, 0.3) is 32.6 Å². The van der Waals surface area contributed by atoms with Crippen LogP contribution in [-0.2, 0) is 86.4 Å². The highest BCUT2D eigenvalue weighted by atomic mass is 32.2. The molecule has 7 rings (SSSR count). The van der Waals surface area contributed by atoms with Crippen molar-refractivity contribution in [3.63, 3.8) is 0 Å². The van der Waals surface area contributed by atoms with Gasteiger partial charge in [-0.1, -0.05) is 127 Å². The third kappa shape index (κ3) is 25.8. The van der Waals surface area contributed by atoms with Crippen LogP contribution in [0.2, 0.25) is 0 Å². The molecule has 12 atom stereocenters. The summed E-state index contributed by atoms with van der Waals surface area (Å²) < 4.78 is 0. The van der Waals surface area contributed by atoms with E-state index in [2.05, 4.69) is 73.8 Å². The molecule has 22 N–H and O–H groups in total. The number of rotatable bonds is 22. The summed E-state index contributed by atoms with van der Waals surface area (Å²) in [6, 6.07) is 10.2. The fourth-order valence-electron chi connectivity index (χ4n) is 12.7. The zero-order valence-corrected chi connectivity index (χ0v) is 64.0. The van der Waals surface area contributed by atoms with Gasteiger partial charge in [0, 0.05) is 59.2 Å². The van der Waals surface area contributed by atoms with E-state index >= 15 is 9.59 Å². The SMILES string of the molecule is CC[C@H](C)[C@@H]1NC(=O)[C@H](Cc2ccc3ccccc3c2)NC(=O)CSC[C@@H](C(N)=O)NC(=O)[C@H](C(C)C)NC(=O)[C@H](Cc2c[nH]c3ccccc23)NC(=O)[C@H](CCCCN)NC(=O)[C@H](C(C)C)NC(=O)[C@H](Cc2c[nH]c3ccccc23)NC(=O)[C@H](CC(=O)O)NC(=O)[C@H](CCCCN)NC(=O)CNC(=O)[C@H](CO)NC1=O. The minimum atomic E-state index is -1.94. The molecule has 0 saturated carbocycles. The smallest absolute Gasteiger partial charge is 0.305 e. The van der Waals surface area contributed by atoms with Gasteiger partial charge >= 0.3 is 5.97 Å². The van der Waals surface area contributed by atoms with Gasteiger partial charge in [-0.15, -0.1) is 11.8 Å². The van der Waals surface area contributed by atoms with Crippen LogP contribution in [-0.4, -0.2) is 207 Å². The Morgan fingerprint density at radius 2 is 0.919 bits per heavy atom. The van der Waals surface area contributed by atoms with Crippen LogP contribution in [0.15, 0.2) is 103 Å². The molecular formula is C77H105N17O16S. The van der Waals surface area contributed by atoms with Crippen LogP contribution >= 0.6 is 11.8 Å². The van der Waals surface area contributed by atoms with Gasteiger partial charge in [0.25, 0.3) is 0 Å². The first-order chi connectivity index (χ1) is 53.0. The third-order valence-electron chi connectivity index (χ3n) is 19.3. The van der Waals surface area contributed by atoms with E-state index in [-0.39, 0.29) is 70.2 Å². The maximum Gasteiger partial charge on any atom is 0.305 e. The molecular weight excluding hydrogens is 1450 g/mol. The zero-order chi connectivity index (χ0) is 81.0. The molecule has 111 heavy (non-hydrogen) atoms. The number of thioether (sulfide) groups is 1. The van der Waals surface area contributed by atoms with Gasteiger partial charge in [0.05, 0.1) is 25.3 Å². The molecule has 4 aromatic carbocycles. The molecule has 0 radical (unpaired) electrons. The summed E-state index contributed by atoms with van der Waals surface area (Å²) >= 11 is 0.869. The summed E-state index contributed by atoms with van der Waals surface area (Å²) in [6.45, 7) is 8.27. The quantitative estimate of drug-likeness (QED) is 0.0384. The summed E-state index contributed by atoms with van der Waals surface area (Å²) in [5.74, 6) is -16.7. The number of fused-ring (bicyclic) bond motifs is 3. The molecule has 1 saturated heterocycles. The number of benzene rings is 4. The van der Waals surface area contributed by atoms with E-state index < -0.39 is 192 Å². The monoisotopic (exact) mass is 1560 g/mol. The summed E-state index contributed by atoms with van der Waals surface area (Å²) in [5, 5.41) is 55.1. The molecule has 6 aromatic rings. The number of aromatic nitrogens is 2. The second-order valence-corrected chi connectivity index (χ2v) is 29.5. The minimum absolute atomic E-state index is 0.0464. The number of carboxylic acids is 1. The van der Waals surface area contributed by atoms with E-state index in [1.807, 2.05) is 36.4 Å². The lowest BCUT2D eigenvalue weighted by Crippen LogP contribution is -2.62. The molecule has 33 nitrogen and oxygen atoms in total. The van der Waals surface area contributed by atoms with Crippen LogP contribution in [0.5, 0.6) is 0 Å². The van der Waals surface area contributed by atoms with E-state index in [1.165, 1.54) is 0 Å². The van der Waals surface area contributed by atoms with Crippen molar-refractivity contribution in [2.45, 2.75) is 179 Å². The Morgan fingerprint density at radius 3 is 1.43 bits per heavy atom. The summed E-state index contributed by atoms with van der Waals surface area (Å²) in [7, 11) is 0. The number of carbonyl (C=O) groups is 14. The summed E-state index contributed by atoms with van der Waals surface area (Å²) in [6.07, 6.45) is 2.88. The van der Waals surface area contributed by atoms with Crippen LogP contribution in [0.4, 0.5) is 0 Å². The van der Waals surface area contributed by atoms with Crippen molar-refractivity contribution in [2.24, 2.45) is 35.0 Å². The Morgan fingerprint density at radius 1 is 0.477 bits per heavy atom. The Kier molecular flexibility index (Phi) is 33.7. The highest BCUT2D eigenvalue weighted by molar-refractivity contribution is 8.00.